The van der Waals surface area contributed by atoms with Crippen LogP contribution >= 0.6 is 16.8 Å². The first-order valence-corrected chi connectivity index (χ1v) is 15.1. The van der Waals surface area contributed by atoms with E-state index in [1.165, 1.54) is 0 Å². The van der Waals surface area contributed by atoms with Gasteiger partial charge in [0.25, 0.3) is 0 Å². The second-order valence-electron chi connectivity index (χ2n) is 9.55. The topological polar surface area (TPSA) is 187 Å². The van der Waals surface area contributed by atoms with Gasteiger partial charge >= 0.3 is 18.2 Å². The van der Waals surface area contributed by atoms with E-state index < -0.39 is 83.7 Å². The molecule has 0 radical (unpaired) electrons. The van der Waals surface area contributed by atoms with Gasteiger partial charge in [0.15, 0.2) is 28.4 Å². The van der Waals surface area contributed by atoms with Crippen molar-refractivity contribution in [2.75, 3.05) is 42.8 Å². The van der Waals surface area contributed by atoms with Crippen LogP contribution in [0.3, 0.4) is 0 Å². The molecule has 18 heteroatoms. The number of imide groups is 1. The molecule has 0 aromatic heterocycles. The molecule has 0 saturated carbocycles. The molecule has 14 nitrogen and oxygen atoms in total. The highest BCUT2D eigenvalue weighted by Crippen LogP contribution is 2.51. The molecular weight excluding hydrogens is 594 g/mol. The highest BCUT2D eigenvalue weighted by molar-refractivity contribution is 7.64. The van der Waals surface area contributed by atoms with Gasteiger partial charge in [0, 0.05) is 38.6 Å². The summed E-state index contributed by atoms with van der Waals surface area (Å²) in [6.45, 7) is 2.41. The van der Waals surface area contributed by atoms with Crippen molar-refractivity contribution in [3.63, 3.8) is 0 Å². The van der Waals surface area contributed by atoms with Crippen molar-refractivity contribution in [3.05, 3.63) is 23.8 Å². The zero-order valence-corrected chi connectivity index (χ0v) is 24.0. The molecule has 228 valence electrons. The quantitative estimate of drug-likeness (QED) is 0.160. The van der Waals surface area contributed by atoms with Crippen molar-refractivity contribution < 1.29 is 61.7 Å². The van der Waals surface area contributed by atoms with Gasteiger partial charge in [-0.15, -0.1) is 0 Å². The van der Waals surface area contributed by atoms with Crippen LogP contribution < -0.4 is 9.80 Å². The van der Waals surface area contributed by atoms with Crippen LogP contribution in [0.1, 0.15) is 33.1 Å². The van der Waals surface area contributed by atoms with Crippen molar-refractivity contribution in [1.29, 1.82) is 0 Å². The van der Waals surface area contributed by atoms with Gasteiger partial charge in [0.1, 0.15) is 11.8 Å². The second-order valence-corrected chi connectivity index (χ2v) is 12.5. The molecule has 2 unspecified atom stereocenters. The molecule has 3 amide bonds. The summed E-state index contributed by atoms with van der Waals surface area (Å²) in [6.07, 6.45) is -3.19. The van der Waals surface area contributed by atoms with Gasteiger partial charge in [-0.25, -0.2) is 23.3 Å². The van der Waals surface area contributed by atoms with E-state index in [0.29, 0.717) is 18.0 Å². The molecule has 2 heterocycles. The first kappa shape index (κ1) is 32.8. The van der Waals surface area contributed by atoms with E-state index in [0.717, 1.165) is 30.4 Å². The van der Waals surface area contributed by atoms with Gasteiger partial charge in [-0.3, -0.25) is 14.5 Å². The Morgan fingerprint density at radius 3 is 2.29 bits per heavy atom. The summed E-state index contributed by atoms with van der Waals surface area (Å²) in [5, 5.41) is -1.31. The van der Waals surface area contributed by atoms with Crippen LogP contribution in [-0.2, 0) is 23.8 Å². The normalized spacial score (nSPS) is 18.9. The Hall–Kier alpha value is -2.74. The third-order valence-electron chi connectivity index (χ3n) is 6.46. The van der Waals surface area contributed by atoms with Crippen LogP contribution in [0.25, 0.3) is 0 Å². The lowest BCUT2D eigenvalue weighted by molar-refractivity contribution is -0.152. The van der Waals surface area contributed by atoms with Gasteiger partial charge in [0.05, 0.1) is 24.2 Å². The number of amides is 3. The number of anilines is 2. The van der Waals surface area contributed by atoms with Crippen molar-refractivity contribution in [2.24, 2.45) is 5.92 Å². The number of carbonyl (C=O) groups excluding carboxylic acids is 4. The average molecular weight is 625 g/mol. The Balaban J connectivity index is 1.54. The molecule has 2 fully saturated rings. The number of ether oxygens (including phenoxy) is 3. The number of carbonyl (C=O) groups is 4. The maximum atomic E-state index is 14.9. The van der Waals surface area contributed by atoms with E-state index in [1.54, 1.807) is 4.90 Å². The second kappa shape index (κ2) is 14.4. The van der Waals surface area contributed by atoms with E-state index in [2.05, 4.69) is 4.74 Å². The third kappa shape index (κ3) is 8.63. The Labute approximate surface area is 236 Å². The highest BCUT2D eigenvalue weighted by atomic mass is 31.2. The van der Waals surface area contributed by atoms with E-state index in [9.17, 15) is 28.0 Å². The highest BCUT2D eigenvalue weighted by Gasteiger charge is 2.37. The van der Waals surface area contributed by atoms with Gasteiger partial charge in [0.2, 0.25) is 12.7 Å². The van der Waals surface area contributed by atoms with Gasteiger partial charge in [-0.2, -0.15) is 0 Å². The maximum Gasteiger partial charge on any atom is 0.419 e. The average Bonchev–Trinajstić information content (AvgIpc) is 3.46. The van der Waals surface area contributed by atoms with Gasteiger partial charge < -0.3 is 38.7 Å². The molecule has 2 saturated heterocycles. The minimum Gasteiger partial charge on any atom is -0.442 e. The fourth-order valence-electron chi connectivity index (χ4n) is 4.38. The molecule has 1 aromatic carbocycles. The number of esters is 1. The molecule has 1 aromatic rings. The number of rotatable bonds is 11. The molecular formula is C23H31F2N3O11P2. The predicted octanol–water partition coefficient (Wildman–Crippen LogP) is 2.32. The van der Waals surface area contributed by atoms with Crippen LogP contribution in [0.5, 0.6) is 0 Å². The fraction of sp³-hybridized carbons (Fsp3) is 0.565. The lowest BCUT2D eigenvalue weighted by Gasteiger charge is -2.22. The standard InChI is InChI=1S/C23H31F2N3O11P2/c1-13-5-6-26(9-13)21-17(24)7-15(8-18(21)25)28-11-16(39-23(28)32)10-27(14(2)29)22(31)38-12-37-19(30)3-4-20(40(33)34)41(35)36/h7-8,13,16,20,33-36H,3-6,9-12H2,1-2H3. The minimum atomic E-state index is -2.70. The Morgan fingerprint density at radius 1 is 1.12 bits per heavy atom. The zero-order chi connectivity index (χ0) is 30.4. The Morgan fingerprint density at radius 2 is 1.76 bits per heavy atom. The molecule has 0 aliphatic carbocycles. The molecule has 0 spiro atoms. The summed E-state index contributed by atoms with van der Waals surface area (Å²) in [5.41, 5.74) is -0.272. The van der Waals surface area contributed by atoms with Gasteiger partial charge in [-0.05, 0) is 18.8 Å². The van der Waals surface area contributed by atoms with Crippen molar-refractivity contribution in [1.82, 2.24) is 4.90 Å². The van der Waals surface area contributed by atoms with Crippen LogP contribution in [0, 0.1) is 17.6 Å². The molecule has 2 aliphatic rings. The molecule has 4 N–H and O–H groups in total. The minimum absolute atomic E-state index is 0.0977. The van der Waals surface area contributed by atoms with Crippen molar-refractivity contribution in [3.8, 4) is 0 Å². The number of halogens is 2. The molecule has 2 atom stereocenters. The number of nitrogens with zero attached hydrogens (tertiary/aromatic N) is 3. The molecule has 2 aliphatic heterocycles. The van der Waals surface area contributed by atoms with E-state index in [1.807, 2.05) is 6.92 Å². The summed E-state index contributed by atoms with van der Waals surface area (Å²) >= 11 is 0. The van der Waals surface area contributed by atoms with Crippen LogP contribution in [0.4, 0.5) is 29.7 Å². The Kier molecular flexibility index (Phi) is 11.5. The van der Waals surface area contributed by atoms with Crippen molar-refractivity contribution >= 4 is 52.2 Å². The predicted molar refractivity (Wildman–Crippen MR) is 141 cm³/mol. The SMILES string of the molecule is CC(=O)N(CC1CN(c2cc(F)c(N3CCC(C)C3)c(F)c2)C(=O)O1)C(=O)OCOC(=O)CCC(P(O)O)P(O)O. The first-order chi connectivity index (χ1) is 19.3. The molecule has 3 rings (SSSR count). The molecule has 0 bridgehead atoms. The zero-order valence-electron chi connectivity index (χ0n) is 22.2. The fourth-order valence-corrected chi connectivity index (χ4v) is 5.84. The summed E-state index contributed by atoms with van der Waals surface area (Å²) < 4.78 is 44.4. The van der Waals surface area contributed by atoms with E-state index >= 15 is 0 Å². The number of benzene rings is 1. The third-order valence-corrected chi connectivity index (χ3v) is 9.28. The largest absolute Gasteiger partial charge is 0.442 e. The lowest BCUT2D eigenvalue weighted by Crippen LogP contribution is -2.42. The van der Waals surface area contributed by atoms with Crippen LogP contribution in [0.2, 0.25) is 0 Å². The summed E-state index contributed by atoms with van der Waals surface area (Å²) in [5.74, 6) is -3.14. The summed E-state index contributed by atoms with van der Waals surface area (Å²) in [4.78, 5) is 88.5. The van der Waals surface area contributed by atoms with E-state index in [-0.39, 0.29) is 30.3 Å². The maximum absolute atomic E-state index is 14.9. The summed E-state index contributed by atoms with van der Waals surface area (Å²) in [6, 6.07) is 2.03. The van der Waals surface area contributed by atoms with Crippen LogP contribution in [0.15, 0.2) is 12.1 Å². The smallest absolute Gasteiger partial charge is 0.419 e. The first-order valence-electron chi connectivity index (χ1n) is 12.4. The Bertz CT molecular complexity index is 1120. The number of hydrogen-bond donors (Lipinski definition) is 4. The van der Waals surface area contributed by atoms with Gasteiger partial charge in [-0.1, -0.05) is 6.92 Å². The van der Waals surface area contributed by atoms with Crippen LogP contribution in [-0.4, -0.2) is 93.0 Å². The van der Waals surface area contributed by atoms with Crippen molar-refractivity contribution in [2.45, 2.75) is 44.6 Å². The van der Waals surface area contributed by atoms with E-state index in [4.69, 9.17) is 29.0 Å². The number of hydrogen-bond acceptors (Lipinski definition) is 12. The molecule has 41 heavy (non-hydrogen) atoms. The lowest BCUT2D eigenvalue weighted by atomic mass is 10.2. The number of cyclic esters (lactones) is 1. The monoisotopic (exact) mass is 625 g/mol. The summed E-state index contributed by atoms with van der Waals surface area (Å²) in [7, 11) is -5.39.